The van der Waals surface area contributed by atoms with Crippen molar-refractivity contribution in [3.63, 3.8) is 0 Å². The predicted molar refractivity (Wildman–Crippen MR) is 89.5 cm³/mol. The van der Waals surface area contributed by atoms with Crippen molar-refractivity contribution in [1.82, 2.24) is 19.5 Å². The van der Waals surface area contributed by atoms with Crippen molar-refractivity contribution in [2.24, 2.45) is 5.92 Å². The number of nitrogens with two attached hydrogens (primary N) is 1. The molecule has 2 aromatic heterocycles. The van der Waals surface area contributed by atoms with Crippen LogP contribution in [0.5, 0.6) is 0 Å². The number of aliphatic hydroxyl groups is 1. The van der Waals surface area contributed by atoms with Gasteiger partial charge in [0.25, 0.3) is 0 Å². The molecule has 0 unspecified atom stereocenters. The molecule has 6 nitrogen and oxygen atoms in total. The molecule has 0 saturated heterocycles. The minimum absolute atomic E-state index is 0.202. The molecule has 0 bridgehead atoms. The molecule has 2 aromatic rings. The molecule has 1 aliphatic rings. The first-order valence-corrected chi connectivity index (χ1v) is 8.65. The third-order valence-electron chi connectivity index (χ3n) is 3.77. The van der Waals surface area contributed by atoms with Crippen LogP contribution in [0.25, 0.3) is 17.4 Å². The molecule has 2 heterocycles. The summed E-state index contributed by atoms with van der Waals surface area (Å²) in [5.41, 5.74) is 8.60. The van der Waals surface area contributed by atoms with Gasteiger partial charge in [0.15, 0.2) is 5.65 Å². The number of hydrogen-bond acceptors (Lipinski definition) is 6. The minimum atomic E-state index is 0.202. The Bertz CT molecular complexity index is 697. The van der Waals surface area contributed by atoms with Crippen molar-refractivity contribution in [2.45, 2.75) is 37.6 Å². The van der Waals surface area contributed by atoms with E-state index in [-0.39, 0.29) is 12.6 Å². The molecule has 0 spiro atoms. The fourth-order valence-electron chi connectivity index (χ4n) is 2.37. The number of aromatic nitrogens is 4. The molecule has 118 valence electrons. The summed E-state index contributed by atoms with van der Waals surface area (Å²) in [5, 5.41) is 9.98. The van der Waals surface area contributed by atoms with Gasteiger partial charge >= 0.3 is 0 Å². The lowest BCUT2D eigenvalue weighted by atomic mass is 10.3. The predicted octanol–water partition coefficient (Wildman–Crippen LogP) is 2.54. The highest BCUT2D eigenvalue weighted by Gasteiger charge is 2.29. The number of thioether (sulfide) groups is 1. The number of aliphatic hydroxyl groups excluding tert-OH is 1. The first kappa shape index (κ1) is 15.3. The maximum absolute atomic E-state index is 9.13. The van der Waals surface area contributed by atoms with Gasteiger partial charge < -0.3 is 10.8 Å². The minimum Gasteiger partial charge on any atom is -0.396 e. The van der Waals surface area contributed by atoms with Gasteiger partial charge in [0.1, 0.15) is 16.9 Å². The van der Waals surface area contributed by atoms with E-state index in [0.29, 0.717) is 5.92 Å². The Morgan fingerprint density at radius 3 is 3.05 bits per heavy atom. The second-order valence-corrected chi connectivity index (χ2v) is 6.64. The van der Waals surface area contributed by atoms with Crippen molar-refractivity contribution in [3.8, 4) is 0 Å². The third-order valence-corrected chi connectivity index (χ3v) is 4.82. The summed E-state index contributed by atoms with van der Waals surface area (Å²) in [5.74, 6) is 1.58. The average molecular weight is 319 g/mol. The number of nitrogens with zero attached hydrogens (tertiary/aromatic N) is 4. The third kappa shape index (κ3) is 3.25. The van der Waals surface area contributed by atoms with E-state index in [0.717, 1.165) is 34.8 Å². The van der Waals surface area contributed by atoms with E-state index in [9.17, 15) is 0 Å². The monoisotopic (exact) mass is 319 g/mol. The van der Waals surface area contributed by atoms with Crippen molar-refractivity contribution in [3.05, 3.63) is 11.9 Å². The second-order valence-electron chi connectivity index (χ2n) is 5.55. The van der Waals surface area contributed by atoms with Crippen LogP contribution < -0.4 is 5.73 Å². The molecule has 1 aliphatic carbocycles. The molecule has 0 aliphatic heterocycles. The van der Waals surface area contributed by atoms with E-state index in [1.165, 1.54) is 18.4 Å². The Morgan fingerprint density at radius 2 is 2.32 bits per heavy atom. The van der Waals surface area contributed by atoms with E-state index in [1.807, 2.05) is 10.8 Å². The molecule has 0 aromatic carbocycles. The topological polar surface area (TPSA) is 89.9 Å². The van der Waals surface area contributed by atoms with Crippen LogP contribution in [0.2, 0.25) is 0 Å². The van der Waals surface area contributed by atoms with Gasteiger partial charge in [0.2, 0.25) is 5.95 Å². The molecule has 1 fully saturated rings. The van der Waals surface area contributed by atoms with Gasteiger partial charge in [0, 0.05) is 18.7 Å². The van der Waals surface area contributed by atoms with Crippen LogP contribution in [0, 0.1) is 5.92 Å². The Labute approximate surface area is 133 Å². The zero-order valence-electron chi connectivity index (χ0n) is 12.7. The maximum Gasteiger partial charge on any atom is 0.223 e. The first-order valence-electron chi connectivity index (χ1n) is 7.67. The van der Waals surface area contributed by atoms with E-state index >= 15 is 0 Å². The van der Waals surface area contributed by atoms with Crippen LogP contribution in [0.4, 0.5) is 5.95 Å². The molecule has 3 N–H and O–H groups in total. The Kier molecular flexibility index (Phi) is 4.63. The number of fused-ring (bicyclic) bond motifs is 1. The Balaban J connectivity index is 1.85. The summed E-state index contributed by atoms with van der Waals surface area (Å²) in [6.45, 7) is 2.40. The van der Waals surface area contributed by atoms with Gasteiger partial charge in [-0.2, -0.15) is 4.98 Å². The normalized spacial score (nSPS) is 19.2. The number of nitrogen functional groups attached to an aromatic ring is 1. The summed E-state index contributed by atoms with van der Waals surface area (Å²) in [6, 6.07) is 0. The summed E-state index contributed by atoms with van der Waals surface area (Å²) in [4.78, 5) is 13.1. The highest BCUT2D eigenvalue weighted by Crippen LogP contribution is 2.38. The van der Waals surface area contributed by atoms with Crippen molar-refractivity contribution >= 4 is 35.1 Å². The Morgan fingerprint density at radius 1 is 1.45 bits per heavy atom. The average Bonchev–Trinajstić information content (AvgIpc) is 3.15. The lowest BCUT2D eigenvalue weighted by Gasteiger charge is -2.03. The highest BCUT2D eigenvalue weighted by atomic mass is 32.2. The number of imidazole rings is 1. The zero-order valence-corrected chi connectivity index (χ0v) is 13.5. The molecule has 7 heteroatoms. The van der Waals surface area contributed by atoms with Crippen molar-refractivity contribution in [2.75, 3.05) is 18.1 Å². The van der Waals surface area contributed by atoms with E-state index in [1.54, 1.807) is 18.1 Å². The van der Waals surface area contributed by atoms with Gasteiger partial charge in [-0.05, 0) is 24.2 Å². The summed E-state index contributed by atoms with van der Waals surface area (Å²) in [6.07, 6.45) is 8.27. The van der Waals surface area contributed by atoms with Crippen molar-refractivity contribution < 1.29 is 5.11 Å². The molecule has 0 radical (unpaired) electrons. The quantitative estimate of drug-likeness (QED) is 0.463. The van der Waals surface area contributed by atoms with E-state index < -0.39 is 0 Å². The Hall–Kier alpha value is -1.60. The van der Waals surface area contributed by atoms with Gasteiger partial charge in [-0.25, -0.2) is 9.97 Å². The number of anilines is 1. The number of rotatable bonds is 7. The molecular formula is C15H21N5OS. The maximum atomic E-state index is 9.13. The number of hydrogen-bond donors (Lipinski definition) is 2. The molecule has 3 rings (SSSR count). The first-order chi connectivity index (χ1) is 10.7. The smallest absolute Gasteiger partial charge is 0.223 e. The van der Waals surface area contributed by atoms with Crippen LogP contribution >= 0.6 is 11.8 Å². The summed E-state index contributed by atoms with van der Waals surface area (Å²) >= 11 is 1.69. The fourth-order valence-corrected chi connectivity index (χ4v) is 3.35. The van der Waals surface area contributed by atoms with Crippen LogP contribution in [0.3, 0.4) is 0 Å². The molecule has 0 amide bonds. The van der Waals surface area contributed by atoms with Gasteiger partial charge in [0.05, 0.1) is 0 Å². The van der Waals surface area contributed by atoms with E-state index in [4.69, 9.17) is 10.8 Å². The van der Waals surface area contributed by atoms with Crippen LogP contribution in [-0.4, -0.2) is 37.0 Å². The molecule has 22 heavy (non-hydrogen) atoms. The van der Waals surface area contributed by atoms with Crippen LogP contribution in [0.1, 0.15) is 32.6 Å². The summed E-state index contributed by atoms with van der Waals surface area (Å²) < 4.78 is 1.88. The second kappa shape index (κ2) is 6.66. The van der Waals surface area contributed by atoms with Crippen LogP contribution in [-0.2, 0) is 0 Å². The van der Waals surface area contributed by atoms with Crippen LogP contribution in [0.15, 0.2) is 16.9 Å². The highest BCUT2D eigenvalue weighted by molar-refractivity contribution is 7.99. The van der Waals surface area contributed by atoms with Gasteiger partial charge in [-0.15, -0.1) is 11.8 Å². The molecular weight excluding hydrogens is 298 g/mol. The lowest BCUT2D eigenvalue weighted by molar-refractivity contribution is 0.281. The lowest BCUT2D eigenvalue weighted by Crippen LogP contribution is -1.99. The number of unbranched alkanes of at least 4 members (excludes halogenated alkanes) is 2. The van der Waals surface area contributed by atoms with Gasteiger partial charge in [-0.1, -0.05) is 19.8 Å². The zero-order chi connectivity index (χ0) is 15.5. The molecule has 1 saturated carbocycles. The SMILES string of the molecule is CCCCCSc1nc(N)nc2c1ncn2/C=C1/C[C@@H]1CO. The van der Waals surface area contributed by atoms with Gasteiger partial charge in [-0.3, -0.25) is 4.57 Å². The van der Waals surface area contributed by atoms with E-state index in [2.05, 4.69) is 21.9 Å². The fraction of sp³-hybridized carbons (Fsp3) is 0.533. The molecule has 1 atom stereocenters. The standard InChI is InChI=1S/C15H21N5OS/c1-2-3-4-5-22-14-12-13(18-15(16)19-14)20(9-17-12)7-10-6-11(10)8-21/h7,9,11,21H,2-6,8H2,1H3,(H2,16,18,19)/b10-7-/t11-/m1/s1. The summed E-state index contributed by atoms with van der Waals surface area (Å²) in [7, 11) is 0. The largest absolute Gasteiger partial charge is 0.396 e. The van der Waals surface area contributed by atoms with Crippen molar-refractivity contribution in [1.29, 1.82) is 0 Å².